The van der Waals surface area contributed by atoms with E-state index in [2.05, 4.69) is 135 Å². The van der Waals surface area contributed by atoms with Crippen LogP contribution < -0.4 is 0 Å². The van der Waals surface area contributed by atoms with Crippen LogP contribution in [0.5, 0.6) is 0 Å². The number of furan rings is 1. The van der Waals surface area contributed by atoms with Gasteiger partial charge >= 0.3 is 0 Å². The van der Waals surface area contributed by atoms with Crippen molar-refractivity contribution in [1.29, 1.82) is 0 Å². The summed E-state index contributed by atoms with van der Waals surface area (Å²) in [6.07, 6.45) is 0. The first-order valence-corrected chi connectivity index (χ1v) is 17.0. The van der Waals surface area contributed by atoms with Crippen LogP contribution in [-0.2, 0) is 5.41 Å². The van der Waals surface area contributed by atoms with E-state index in [9.17, 15) is 0 Å². The maximum atomic E-state index is 6.17. The van der Waals surface area contributed by atoms with E-state index in [-0.39, 0.29) is 5.41 Å². The van der Waals surface area contributed by atoms with Crippen LogP contribution in [0.3, 0.4) is 0 Å². The van der Waals surface area contributed by atoms with E-state index in [1.165, 1.54) is 27.6 Å². The molecule has 0 amide bonds. The highest BCUT2D eigenvalue weighted by molar-refractivity contribution is 6.08. The largest absolute Gasteiger partial charge is 0.456 e. The van der Waals surface area contributed by atoms with Crippen molar-refractivity contribution in [2.45, 2.75) is 19.3 Å². The molecule has 50 heavy (non-hydrogen) atoms. The predicted octanol–water partition coefficient (Wildman–Crippen LogP) is 11.9. The number of hydrogen-bond donors (Lipinski definition) is 0. The zero-order valence-electron chi connectivity index (χ0n) is 27.7. The van der Waals surface area contributed by atoms with Gasteiger partial charge in [-0.3, -0.25) is 0 Å². The Bertz CT molecular complexity index is 2790. The number of fused-ring (bicyclic) bond motifs is 7. The van der Waals surface area contributed by atoms with Crippen LogP contribution in [0.25, 0.3) is 89.1 Å². The lowest BCUT2D eigenvalue weighted by Crippen LogP contribution is -2.15. The van der Waals surface area contributed by atoms with Gasteiger partial charge in [-0.2, -0.15) is 0 Å². The van der Waals surface area contributed by atoms with E-state index in [1.807, 2.05) is 30.3 Å². The average Bonchev–Trinajstić information content (AvgIpc) is 3.66. The Morgan fingerprint density at radius 2 is 1.04 bits per heavy atom. The van der Waals surface area contributed by atoms with Crippen molar-refractivity contribution in [3.05, 3.63) is 163 Å². The van der Waals surface area contributed by atoms with Crippen molar-refractivity contribution in [3.8, 4) is 56.4 Å². The second-order valence-electron chi connectivity index (χ2n) is 13.7. The summed E-state index contributed by atoms with van der Waals surface area (Å²) < 4.78 is 6.17. The van der Waals surface area contributed by atoms with Crippen molar-refractivity contribution in [3.63, 3.8) is 0 Å². The molecule has 0 saturated carbocycles. The van der Waals surface area contributed by atoms with Gasteiger partial charge in [0.25, 0.3) is 0 Å². The number of hydrogen-bond acceptors (Lipinski definition) is 4. The zero-order valence-corrected chi connectivity index (χ0v) is 27.7. The molecular formula is C46H31N3O. The second kappa shape index (κ2) is 10.8. The fourth-order valence-electron chi connectivity index (χ4n) is 7.77. The minimum atomic E-state index is -0.130. The van der Waals surface area contributed by atoms with E-state index >= 15 is 0 Å². The van der Waals surface area contributed by atoms with Crippen LogP contribution >= 0.6 is 0 Å². The molecule has 10 rings (SSSR count). The van der Waals surface area contributed by atoms with Gasteiger partial charge in [-0.1, -0.05) is 129 Å². The molecule has 0 N–H and O–H groups in total. The third kappa shape index (κ3) is 4.42. The molecule has 0 radical (unpaired) electrons. The Labute approximate surface area is 289 Å². The standard InChI is InChI=1S/C46H31N3O/c1-46(2)39-18-10-8-16-34(39)35-22-20-31(27-40(35)46)44-47-43(28-12-4-3-5-13-28)48-45(49-44)32-24-29-14-6-7-15-33(29)37(26-32)30-21-23-42-38(25-30)36-17-9-11-19-41(36)50-42/h3-27H,1-2H3. The second-order valence-corrected chi connectivity index (χ2v) is 13.7. The first-order valence-electron chi connectivity index (χ1n) is 17.0. The van der Waals surface area contributed by atoms with Crippen molar-refractivity contribution in [2.24, 2.45) is 0 Å². The average molecular weight is 642 g/mol. The van der Waals surface area contributed by atoms with E-state index in [1.54, 1.807) is 0 Å². The van der Waals surface area contributed by atoms with Gasteiger partial charge in [0.2, 0.25) is 0 Å². The van der Waals surface area contributed by atoms with Crippen molar-refractivity contribution in [2.75, 3.05) is 0 Å². The molecule has 2 heterocycles. The molecule has 9 aromatic rings. The van der Waals surface area contributed by atoms with Crippen LogP contribution in [0.4, 0.5) is 0 Å². The van der Waals surface area contributed by atoms with Gasteiger partial charge in [0, 0.05) is 32.9 Å². The van der Waals surface area contributed by atoms with Crippen LogP contribution in [0, 0.1) is 0 Å². The minimum absolute atomic E-state index is 0.130. The minimum Gasteiger partial charge on any atom is -0.456 e. The lowest BCUT2D eigenvalue weighted by Gasteiger charge is -2.21. The first-order chi connectivity index (χ1) is 24.5. The van der Waals surface area contributed by atoms with Crippen LogP contribution in [-0.4, -0.2) is 15.0 Å². The van der Waals surface area contributed by atoms with Crippen LogP contribution in [0.15, 0.2) is 156 Å². The first kappa shape index (κ1) is 28.6. The summed E-state index contributed by atoms with van der Waals surface area (Å²) in [6.45, 7) is 4.60. The Morgan fingerprint density at radius 1 is 0.400 bits per heavy atom. The van der Waals surface area contributed by atoms with Crippen molar-refractivity contribution in [1.82, 2.24) is 15.0 Å². The van der Waals surface area contributed by atoms with Crippen LogP contribution in [0.1, 0.15) is 25.0 Å². The van der Waals surface area contributed by atoms with Crippen LogP contribution in [0.2, 0.25) is 0 Å². The number of benzene rings is 7. The Kier molecular flexibility index (Phi) is 6.19. The maximum Gasteiger partial charge on any atom is 0.164 e. The third-order valence-electron chi connectivity index (χ3n) is 10.3. The summed E-state index contributed by atoms with van der Waals surface area (Å²) >= 11 is 0. The quantitative estimate of drug-likeness (QED) is 0.192. The maximum absolute atomic E-state index is 6.17. The Balaban J connectivity index is 1.17. The molecule has 1 aliphatic rings. The SMILES string of the molecule is CC1(C)c2ccccc2-c2ccc(-c3nc(-c4ccccc4)nc(-c4cc(-c5ccc6oc7ccccc7c6c5)c5ccccc5c4)n3)cc21. The van der Waals surface area contributed by atoms with Gasteiger partial charge in [-0.25, -0.2) is 15.0 Å². The van der Waals surface area contributed by atoms with Gasteiger partial charge < -0.3 is 4.42 Å². The lowest BCUT2D eigenvalue weighted by atomic mass is 9.82. The number of para-hydroxylation sites is 1. The van der Waals surface area contributed by atoms with Gasteiger partial charge in [-0.15, -0.1) is 0 Å². The molecule has 7 aromatic carbocycles. The van der Waals surface area contributed by atoms with Gasteiger partial charge in [0.05, 0.1) is 0 Å². The van der Waals surface area contributed by atoms with E-state index in [4.69, 9.17) is 19.4 Å². The molecule has 0 bridgehead atoms. The number of rotatable bonds is 4. The third-order valence-corrected chi connectivity index (χ3v) is 10.3. The highest BCUT2D eigenvalue weighted by Crippen LogP contribution is 2.49. The monoisotopic (exact) mass is 641 g/mol. The molecule has 4 nitrogen and oxygen atoms in total. The molecular weight excluding hydrogens is 611 g/mol. The number of nitrogens with zero attached hydrogens (tertiary/aromatic N) is 3. The Morgan fingerprint density at radius 3 is 1.90 bits per heavy atom. The predicted molar refractivity (Wildman–Crippen MR) is 204 cm³/mol. The molecule has 0 aliphatic heterocycles. The lowest BCUT2D eigenvalue weighted by molar-refractivity contribution is 0.660. The summed E-state index contributed by atoms with van der Waals surface area (Å²) in [7, 11) is 0. The van der Waals surface area contributed by atoms with Gasteiger partial charge in [0.15, 0.2) is 17.5 Å². The zero-order chi connectivity index (χ0) is 33.4. The molecule has 0 atom stereocenters. The molecule has 0 spiro atoms. The summed E-state index contributed by atoms with van der Waals surface area (Å²) in [4.78, 5) is 15.4. The van der Waals surface area contributed by atoms with E-state index in [0.717, 1.165) is 55.1 Å². The van der Waals surface area contributed by atoms with Crippen molar-refractivity contribution >= 4 is 32.7 Å². The fourth-order valence-corrected chi connectivity index (χ4v) is 7.77. The summed E-state index contributed by atoms with van der Waals surface area (Å²) in [5, 5.41) is 4.50. The van der Waals surface area contributed by atoms with Gasteiger partial charge in [0.1, 0.15) is 11.2 Å². The van der Waals surface area contributed by atoms with Crippen molar-refractivity contribution < 1.29 is 4.42 Å². The molecule has 1 aliphatic carbocycles. The molecule has 236 valence electrons. The molecule has 0 fully saturated rings. The summed E-state index contributed by atoms with van der Waals surface area (Å²) in [5.41, 5.74) is 11.9. The molecule has 2 aromatic heterocycles. The fraction of sp³-hybridized carbons (Fsp3) is 0.0652. The molecule has 4 heteroatoms. The Hall–Kier alpha value is -6.39. The van der Waals surface area contributed by atoms with Gasteiger partial charge in [-0.05, 0) is 80.6 Å². The van der Waals surface area contributed by atoms with E-state index in [0.29, 0.717) is 17.5 Å². The molecule has 0 unspecified atom stereocenters. The smallest absolute Gasteiger partial charge is 0.164 e. The number of aromatic nitrogens is 3. The molecule has 0 saturated heterocycles. The van der Waals surface area contributed by atoms with E-state index < -0.39 is 0 Å². The summed E-state index contributed by atoms with van der Waals surface area (Å²) in [6, 6.07) is 53.2. The highest BCUT2D eigenvalue weighted by atomic mass is 16.3. The normalized spacial score (nSPS) is 13.2. The topological polar surface area (TPSA) is 51.8 Å². The highest BCUT2D eigenvalue weighted by Gasteiger charge is 2.35. The summed E-state index contributed by atoms with van der Waals surface area (Å²) in [5.74, 6) is 1.94.